The highest BCUT2D eigenvalue weighted by atomic mass is 35.5. The second-order valence-corrected chi connectivity index (χ2v) is 4.27. The van der Waals surface area contributed by atoms with Crippen LogP contribution in [0.5, 0.6) is 5.75 Å². The van der Waals surface area contributed by atoms with Crippen LogP contribution in [-0.2, 0) is 5.60 Å². The number of halogens is 1. The van der Waals surface area contributed by atoms with E-state index in [2.05, 4.69) is 0 Å². The number of aliphatic hydroxyl groups is 1. The standard InChI is InChI=1S/C11H15ClO2/c1-7-5-10(14-4)8(6-9(7)12)11(2,3)13/h5-6,13H,1-4H3. The van der Waals surface area contributed by atoms with Crippen molar-refractivity contribution in [2.75, 3.05) is 7.11 Å². The molecule has 1 aromatic rings. The summed E-state index contributed by atoms with van der Waals surface area (Å²) in [6, 6.07) is 3.57. The van der Waals surface area contributed by atoms with Crippen LogP contribution in [0.2, 0.25) is 5.02 Å². The lowest BCUT2D eigenvalue weighted by Gasteiger charge is -2.21. The topological polar surface area (TPSA) is 29.5 Å². The third-order valence-corrected chi connectivity index (χ3v) is 2.55. The molecule has 0 aromatic heterocycles. The van der Waals surface area contributed by atoms with Gasteiger partial charge in [-0.1, -0.05) is 11.6 Å². The van der Waals surface area contributed by atoms with Crippen LogP contribution in [0.25, 0.3) is 0 Å². The molecule has 0 atom stereocenters. The first-order valence-electron chi connectivity index (χ1n) is 4.43. The van der Waals surface area contributed by atoms with Crippen molar-refractivity contribution in [1.82, 2.24) is 0 Å². The molecule has 0 spiro atoms. The molecular weight excluding hydrogens is 200 g/mol. The minimum atomic E-state index is -0.942. The third-order valence-electron chi connectivity index (χ3n) is 2.14. The molecule has 3 heteroatoms. The molecule has 78 valence electrons. The Labute approximate surface area is 89.5 Å². The van der Waals surface area contributed by atoms with Crippen molar-refractivity contribution < 1.29 is 9.84 Å². The van der Waals surface area contributed by atoms with E-state index in [4.69, 9.17) is 16.3 Å². The first-order chi connectivity index (χ1) is 6.36. The zero-order chi connectivity index (χ0) is 10.9. The van der Waals surface area contributed by atoms with Crippen molar-refractivity contribution in [2.45, 2.75) is 26.4 Å². The SMILES string of the molecule is COc1cc(C)c(Cl)cc1C(C)(C)O. The van der Waals surface area contributed by atoms with E-state index in [1.54, 1.807) is 27.0 Å². The lowest BCUT2D eigenvalue weighted by atomic mass is 9.96. The van der Waals surface area contributed by atoms with Crippen molar-refractivity contribution >= 4 is 11.6 Å². The first kappa shape index (κ1) is 11.3. The van der Waals surface area contributed by atoms with Gasteiger partial charge in [0.2, 0.25) is 0 Å². The third kappa shape index (κ3) is 2.20. The highest BCUT2D eigenvalue weighted by Crippen LogP contribution is 2.33. The van der Waals surface area contributed by atoms with Gasteiger partial charge in [-0.25, -0.2) is 0 Å². The van der Waals surface area contributed by atoms with Gasteiger partial charge in [0.1, 0.15) is 5.75 Å². The molecule has 1 N–H and O–H groups in total. The summed E-state index contributed by atoms with van der Waals surface area (Å²) in [5.74, 6) is 0.666. The molecule has 0 saturated carbocycles. The van der Waals surface area contributed by atoms with E-state index in [1.807, 2.05) is 13.0 Å². The van der Waals surface area contributed by atoms with Crippen LogP contribution in [0.3, 0.4) is 0 Å². The molecule has 0 bridgehead atoms. The van der Waals surface area contributed by atoms with Gasteiger partial charge in [0.25, 0.3) is 0 Å². The Hall–Kier alpha value is -0.730. The monoisotopic (exact) mass is 214 g/mol. The maximum Gasteiger partial charge on any atom is 0.125 e. The fourth-order valence-electron chi connectivity index (χ4n) is 1.30. The van der Waals surface area contributed by atoms with Gasteiger partial charge in [-0.3, -0.25) is 0 Å². The van der Waals surface area contributed by atoms with E-state index in [9.17, 15) is 5.11 Å². The predicted molar refractivity (Wildman–Crippen MR) is 58.0 cm³/mol. The number of methoxy groups -OCH3 is 1. The maximum absolute atomic E-state index is 9.88. The fourth-order valence-corrected chi connectivity index (χ4v) is 1.47. The Bertz CT molecular complexity index is 340. The van der Waals surface area contributed by atoms with Crippen LogP contribution in [0.1, 0.15) is 25.0 Å². The molecule has 0 aliphatic carbocycles. The molecule has 1 rings (SSSR count). The summed E-state index contributed by atoms with van der Waals surface area (Å²) in [6.45, 7) is 5.31. The van der Waals surface area contributed by atoms with Gasteiger partial charge >= 0.3 is 0 Å². The molecule has 14 heavy (non-hydrogen) atoms. The lowest BCUT2D eigenvalue weighted by molar-refractivity contribution is 0.0756. The minimum Gasteiger partial charge on any atom is -0.496 e. The van der Waals surface area contributed by atoms with E-state index in [-0.39, 0.29) is 0 Å². The van der Waals surface area contributed by atoms with Crippen LogP contribution < -0.4 is 4.74 Å². The number of hydrogen-bond acceptors (Lipinski definition) is 2. The number of ether oxygens (including phenoxy) is 1. The molecule has 0 fully saturated rings. The Morgan fingerprint density at radius 2 is 1.93 bits per heavy atom. The van der Waals surface area contributed by atoms with Crippen molar-refractivity contribution in [3.63, 3.8) is 0 Å². The molecule has 0 amide bonds. The van der Waals surface area contributed by atoms with E-state index < -0.39 is 5.60 Å². The smallest absolute Gasteiger partial charge is 0.125 e. The summed E-state index contributed by atoms with van der Waals surface area (Å²) in [7, 11) is 1.58. The second kappa shape index (κ2) is 3.79. The highest BCUT2D eigenvalue weighted by Gasteiger charge is 2.21. The lowest BCUT2D eigenvalue weighted by Crippen LogP contribution is -2.16. The van der Waals surface area contributed by atoms with Crippen molar-refractivity contribution in [3.05, 3.63) is 28.3 Å². The van der Waals surface area contributed by atoms with Crippen LogP contribution in [0.15, 0.2) is 12.1 Å². The molecule has 0 aliphatic rings. The van der Waals surface area contributed by atoms with Gasteiger partial charge in [0, 0.05) is 10.6 Å². The average Bonchev–Trinajstić information content (AvgIpc) is 2.07. The van der Waals surface area contributed by atoms with E-state index in [1.165, 1.54) is 0 Å². The largest absolute Gasteiger partial charge is 0.496 e. The van der Waals surface area contributed by atoms with Crippen LogP contribution >= 0.6 is 11.6 Å². The predicted octanol–water partition coefficient (Wildman–Crippen LogP) is 2.88. The van der Waals surface area contributed by atoms with E-state index >= 15 is 0 Å². The van der Waals surface area contributed by atoms with Crippen LogP contribution in [0.4, 0.5) is 0 Å². The zero-order valence-electron chi connectivity index (χ0n) is 8.89. The Morgan fingerprint density at radius 3 is 2.36 bits per heavy atom. The molecule has 0 radical (unpaired) electrons. The van der Waals surface area contributed by atoms with Gasteiger partial charge in [-0.15, -0.1) is 0 Å². The number of hydrogen-bond donors (Lipinski definition) is 1. The van der Waals surface area contributed by atoms with Crippen molar-refractivity contribution in [3.8, 4) is 5.75 Å². The van der Waals surface area contributed by atoms with Crippen LogP contribution in [-0.4, -0.2) is 12.2 Å². The summed E-state index contributed by atoms with van der Waals surface area (Å²) in [4.78, 5) is 0. The van der Waals surface area contributed by atoms with Crippen molar-refractivity contribution in [2.24, 2.45) is 0 Å². The molecule has 2 nitrogen and oxygen atoms in total. The fraction of sp³-hybridized carbons (Fsp3) is 0.455. The summed E-state index contributed by atoms with van der Waals surface area (Å²) >= 11 is 5.98. The first-order valence-corrected chi connectivity index (χ1v) is 4.81. The molecule has 0 aliphatic heterocycles. The Kier molecular flexibility index (Phi) is 3.07. The zero-order valence-corrected chi connectivity index (χ0v) is 9.64. The van der Waals surface area contributed by atoms with Gasteiger partial charge < -0.3 is 9.84 Å². The number of benzene rings is 1. The van der Waals surface area contributed by atoms with Crippen LogP contribution in [0, 0.1) is 6.92 Å². The van der Waals surface area contributed by atoms with Gasteiger partial charge in [0.15, 0.2) is 0 Å². The molecule has 0 unspecified atom stereocenters. The quantitative estimate of drug-likeness (QED) is 0.821. The Balaban J connectivity index is 3.35. The van der Waals surface area contributed by atoms with Crippen molar-refractivity contribution in [1.29, 1.82) is 0 Å². The highest BCUT2D eigenvalue weighted by molar-refractivity contribution is 6.31. The van der Waals surface area contributed by atoms with Gasteiger partial charge in [0.05, 0.1) is 12.7 Å². The summed E-state index contributed by atoms with van der Waals surface area (Å²) in [5.41, 5.74) is 0.704. The molecule has 0 heterocycles. The maximum atomic E-state index is 9.88. The molecule has 1 aromatic carbocycles. The van der Waals surface area contributed by atoms with E-state index in [0.717, 1.165) is 5.56 Å². The summed E-state index contributed by atoms with van der Waals surface area (Å²) in [5, 5.41) is 10.5. The van der Waals surface area contributed by atoms with Gasteiger partial charge in [-0.2, -0.15) is 0 Å². The van der Waals surface area contributed by atoms with Gasteiger partial charge in [-0.05, 0) is 38.5 Å². The Morgan fingerprint density at radius 1 is 1.36 bits per heavy atom. The summed E-state index contributed by atoms with van der Waals surface area (Å²) in [6.07, 6.45) is 0. The number of aryl methyl sites for hydroxylation is 1. The molecule has 0 saturated heterocycles. The normalized spacial score (nSPS) is 11.6. The second-order valence-electron chi connectivity index (χ2n) is 3.86. The number of rotatable bonds is 2. The summed E-state index contributed by atoms with van der Waals surface area (Å²) < 4.78 is 5.19. The average molecular weight is 215 g/mol. The minimum absolute atomic E-state index is 0.642. The van der Waals surface area contributed by atoms with E-state index in [0.29, 0.717) is 16.3 Å². The molecular formula is C11H15ClO2.